The monoisotopic (exact) mass is 404 g/mol. The first-order chi connectivity index (χ1) is 13.6. The molecule has 0 aliphatic carbocycles. The molecule has 3 rings (SSSR count). The second-order valence-corrected chi connectivity index (χ2v) is 7.80. The number of ether oxygens (including phenoxy) is 1. The molecule has 0 aromatic heterocycles. The zero-order valence-corrected chi connectivity index (χ0v) is 17.3. The molecule has 0 saturated carbocycles. The summed E-state index contributed by atoms with van der Waals surface area (Å²) >= 11 is 6.01. The molecule has 0 N–H and O–H groups in total. The number of unbranched alkanes of at least 4 members (excludes halogenated alkanes) is 5. The number of benzene rings is 1. The van der Waals surface area contributed by atoms with Gasteiger partial charge in [0.2, 0.25) is 0 Å². The van der Waals surface area contributed by atoms with Crippen molar-refractivity contribution in [1.82, 2.24) is 9.80 Å². The summed E-state index contributed by atoms with van der Waals surface area (Å²) in [5, 5.41) is 0.609. The zero-order valence-electron chi connectivity index (χ0n) is 16.6. The van der Waals surface area contributed by atoms with Crippen LogP contribution < -0.4 is 0 Å². The summed E-state index contributed by atoms with van der Waals surface area (Å²) in [5.41, 5.74) is 1.76. The van der Waals surface area contributed by atoms with E-state index in [1.165, 1.54) is 24.2 Å². The van der Waals surface area contributed by atoms with Crippen LogP contribution in [0.15, 0.2) is 30.0 Å². The number of halogens is 1. The normalized spacial score (nSPS) is 17.8. The number of imide groups is 1. The van der Waals surface area contributed by atoms with Crippen molar-refractivity contribution in [3.8, 4) is 0 Å². The summed E-state index contributed by atoms with van der Waals surface area (Å²) in [6.07, 6.45) is 6.71. The van der Waals surface area contributed by atoms with E-state index in [0.717, 1.165) is 24.8 Å². The highest BCUT2D eigenvalue weighted by Crippen LogP contribution is 2.32. The lowest BCUT2D eigenvalue weighted by atomic mass is 10.0. The summed E-state index contributed by atoms with van der Waals surface area (Å²) in [7, 11) is 0. The molecule has 2 aliphatic rings. The molecule has 0 bridgehead atoms. The van der Waals surface area contributed by atoms with Gasteiger partial charge in [-0.25, -0.2) is 0 Å². The van der Waals surface area contributed by atoms with Crippen LogP contribution >= 0.6 is 11.6 Å². The average molecular weight is 405 g/mol. The van der Waals surface area contributed by atoms with Gasteiger partial charge in [-0.15, -0.1) is 0 Å². The molecule has 2 heterocycles. The third-order valence-electron chi connectivity index (χ3n) is 5.34. The number of amides is 2. The molecule has 0 radical (unpaired) electrons. The third kappa shape index (κ3) is 4.76. The summed E-state index contributed by atoms with van der Waals surface area (Å²) < 4.78 is 5.42. The number of hydrogen-bond acceptors (Lipinski definition) is 4. The van der Waals surface area contributed by atoms with Crippen molar-refractivity contribution < 1.29 is 14.3 Å². The van der Waals surface area contributed by atoms with E-state index in [9.17, 15) is 9.59 Å². The molecular formula is C22H29ClN2O3. The van der Waals surface area contributed by atoms with Crippen molar-refractivity contribution in [3.05, 3.63) is 40.5 Å². The lowest BCUT2D eigenvalue weighted by Gasteiger charge is -2.29. The van der Waals surface area contributed by atoms with Crippen molar-refractivity contribution >= 4 is 29.0 Å². The second kappa shape index (κ2) is 10.1. The minimum atomic E-state index is -0.192. The van der Waals surface area contributed by atoms with Crippen LogP contribution in [-0.4, -0.2) is 54.5 Å². The fourth-order valence-corrected chi connectivity index (χ4v) is 3.90. The van der Waals surface area contributed by atoms with E-state index < -0.39 is 0 Å². The summed E-state index contributed by atoms with van der Waals surface area (Å²) in [6, 6.07) is 7.15. The Bertz CT molecular complexity index is 724. The maximum absolute atomic E-state index is 13.2. The SMILES string of the molecule is CCCCCCCCN1C(=O)C(c2ccc(Cl)cc2)=C(N2CCOCC2)C1=O. The highest BCUT2D eigenvalue weighted by molar-refractivity contribution is 6.36. The highest BCUT2D eigenvalue weighted by Gasteiger charge is 2.41. The van der Waals surface area contributed by atoms with E-state index in [-0.39, 0.29) is 11.8 Å². The molecule has 0 atom stereocenters. The van der Waals surface area contributed by atoms with E-state index in [1.807, 2.05) is 17.0 Å². The van der Waals surface area contributed by atoms with Crippen LogP contribution in [0.1, 0.15) is 51.0 Å². The number of nitrogens with zero attached hydrogens (tertiary/aromatic N) is 2. The summed E-state index contributed by atoms with van der Waals surface area (Å²) in [5.74, 6) is -0.368. The molecule has 0 unspecified atom stereocenters. The number of carbonyl (C=O) groups is 2. The molecule has 28 heavy (non-hydrogen) atoms. The average Bonchev–Trinajstić information content (AvgIpc) is 2.96. The molecule has 0 spiro atoms. The molecule has 2 amide bonds. The number of rotatable bonds is 9. The Hall–Kier alpha value is -1.85. The molecule has 1 aromatic carbocycles. The van der Waals surface area contributed by atoms with Crippen molar-refractivity contribution in [2.45, 2.75) is 45.4 Å². The fraction of sp³-hybridized carbons (Fsp3) is 0.545. The standard InChI is InChI=1S/C22H29ClN2O3/c1-2-3-4-5-6-7-12-25-21(26)19(17-8-10-18(23)11-9-17)20(22(25)27)24-13-15-28-16-14-24/h8-11H,2-7,12-16H2,1H3. The van der Waals surface area contributed by atoms with Gasteiger partial charge in [-0.3, -0.25) is 14.5 Å². The van der Waals surface area contributed by atoms with Crippen LogP contribution in [0.2, 0.25) is 5.02 Å². The molecule has 2 aliphatic heterocycles. The van der Waals surface area contributed by atoms with Crippen LogP contribution in [0.25, 0.3) is 5.57 Å². The molecule has 6 heteroatoms. The van der Waals surface area contributed by atoms with Crippen LogP contribution in [0.5, 0.6) is 0 Å². The molecule has 1 fully saturated rings. The smallest absolute Gasteiger partial charge is 0.277 e. The highest BCUT2D eigenvalue weighted by atomic mass is 35.5. The molecular weight excluding hydrogens is 376 g/mol. The maximum atomic E-state index is 13.2. The Kier molecular flexibility index (Phi) is 7.51. The summed E-state index contributed by atoms with van der Waals surface area (Å²) in [4.78, 5) is 29.8. The van der Waals surface area contributed by atoms with E-state index >= 15 is 0 Å². The van der Waals surface area contributed by atoms with Gasteiger partial charge < -0.3 is 9.64 Å². The van der Waals surface area contributed by atoms with E-state index in [1.54, 1.807) is 12.1 Å². The predicted octanol–water partition coefficient (Wildman–Crippen LogP) is 4.11. The molecule has 1 aromatic rings. The first-order valence-corrected chi connectivity index (χ1v) is 10.7. The van der Waals surface area contributed by atoms with Crippen LogP contribution in [0, 0.1) is 0 Å². The van der Waals surface area contributed by atoms with Gasteiger partial charge in [0.05, 0.1) is 18.8 Å². The first kappa shape index (κ1) is 20.9. The Morgan fingerprint density at radius 3 is 2.25 bits per heavy atom. The number of hydrogen-bond donors (Lipinski definition) is 0. The lowest BCUT2D eigenvalue weighted by Crippen LogP contribution is -2.40. The van der Waals surface area contributed by atoms with Crippen LogP contribution in [-0.2, 0) is 14.3 Å². The Balaban J connectivity index is 1.77. The Morgan fingerprint density at radius 1 is 0.929 bits per heavy atom. The van der Waals surface area contributed by atoms with Gasteiger partial charge in [0.15, 0.2) is 0 Å². The summed E-state index contributed by atoms with van der Waals surface area (Å²) in [6.45, 7) is 5.05. The first-order valence-electron chi connectivity index (χ1n) is 10.3. The van der Waals surface area contributed by atoms with E-state index in [2.05, 4.69) is 6.92 Å². The van der Waals surface area contributed by atoms with Crippen molar-refractivity contribution in [2.24, 2.45) is 0 Å². The van der Waals surface area contributed by atoms with Gasteiger partial charge in [-0.1, -0.05) is 62.8 Å². The maximum Gasteiger partial charge on any atom is 0.277 e. The van der Waals surface area contributed by atoms with Crippen molar-refractivity contribution in [1.29, 1.82) is 0 Å². The second-order valence-electron chi connectivity index (χ2n) is 7.36. The van der Waals surface area contributed by atoms with E-state index in [0.29, 0.717) is 49.1 Å². The van der Waals surface area contributed by atoms with Gasteiger partial charge in [-0.2, -0.15) is 0 Å². The van der Waals surface area contributed by atoms with Crippen LogP contribution in [0.4, 0.5) is 0 Å². The third-order valence-corrected chi connectivity index (χ3v) is 5.59. The van der Waals surface area contributed by atoms with Crippen molar-refractivity contribution in [3.63, 3.8) is 0 Å². The predicted molar refractivity (Wildman–Crippen MR) is 111 cm³/mol. The quantitative estimate of drug-likeness (QED) is 0.459. The van der Waals surface area contributed by atoms with Gasteiger partial charge in [0.25, 0.3) is 11.8 Å². The zero-order chi connectivity index (χ0) is 19.9. The topological polar surface area (TPSA) is 49.9 Å². The largest absolute Gasteiger partial charge is 0.378 e. The van der Waals surface area contributed by atoms with Gasteiger partial charge >= 0.3 is 0 Å². The molecule has 5 nitrogen and oxygen atoms in total. The lowest BCUT2D eigenvalue weighted by molar-refractivity contribution is -0.137. The minimum Gasteiger partial charge on any atom is -0.378 e. The van der Waals surface area contributed by atoms with Crippen molar-refractivity contribution in [2.75, 3.05) is 32.8 Å². The number of carbonyl (C=O) groups excluding carboxylic acids is 2. The number of morpholine rings is 1. The molecule has 1 saturated heterocycles. The minimum absolute atomic E-state index is 0.176. The van der Waals surface area contributed by atoms with Gasteiger partial charge in [0.1, 0.15) is 5.70 Å². The Morgan fingerprint density at radius 2 is 1.57 bits per heavy atom. The van der Waals surface area contributed by atoms with Crippen LogP contribution in [0.3, 0.4) is 0 Å². The van der Waals surface area contributed by atoms with E-state index in [4.69, 9.17) is 16.3 Å². The van der Waals surface area contributed by atoms with Gasteiger partial charge in [0, 0.05) is 24.7 Å². The van der Waals surface area contributed by atoms with Gasteiger partial charge in [-0.05, 0) is 24.1 Å². The Labute approximate surface area is 172 Å². The molecule has 152 valence electrons. The fourth-order valence-electron chi connectivity index (χ4n) is 3.77.